The third-order valence-corrected chi connectivity index (χ3v) is 3.36. The third-order valence-electron chi connectivity index (χ3n) is 3.36. The van der Waals surface area contributed by atoms with E-state index >= 15 is 0 Å². The minimum Gasteiger partial charge on any atom is -0.327 e. The Morgan fingerprint density at radius 1 is 1.43 bits per heavy atom. The van der Waals surface area contributed by atoms with E-state index in [0.29, 0.717) is 6.54 Å². The Kier molecular flexibility index (Phi) is 4.63. The van der Waals surface area contributed by atoms with E-state index in [1.807, 2.05) is 0 Å². The van der Waals surface area contributed by atoms with Crippen molar-refractivity contribution in [3.8, 4) is 0 Å². The Morgan fingerprint density at radius 3 is 2.71 bits per heavy atom. The Bertz CT molecular complexity index is 198. The number of nitrogens with zero attached hydrogens (tertiary/aromatic N) is 1. The summed E-state index contributed by atoms with van der Waals surface area (Å²) in [6.07, 6.45) is 3.47. The molecule has 2 nitrogen and oxygen atoms in total. The Hall–Kier alpha value is -0.340. The molecular weight excluding hydrogens is 172 g/mol. The first-order chi connectivity index (χ1) is 6.63. The van der Waals surface area contributed by atoms with Crippen molar-refractivity contribution in [1.82, 2.24) is 4.90 Å². The molecule has 1 saturated heterocycles. The summed E-state index contributed by atoms with van der Waals surface area (Å²) in [7, 11) is 0. The predicted molar refractivity (Wildman–Crippen MR) is 62.2 cm³/mol. The van der Waals surface area contributed by atoms with Crippen LogP contribution in [0, 0.1) is 11.8 Å². The van der Waals surface area contributed by atoms with Crippen LogP contribution in [0.4, 0.5) is 0 Å². The molecule has 1 aliphatic rings. The molecule has 0 spiro atoms. The van der Waals surface area contributed by atoms with E-state index in [1.165, 1.54) is 25.1 Å². The van der Waals surface area contributed by atoms with Crippen molar-refractivity contribution in [2.24, 2.45) is 17.6 Å². The van der Waals surface area contributed by atoms with E-state index in [4.69, 9.17) is 5.73 Å². The van der Waals surface area contributed by atoms with Gasteiger partial charge >= 0.3 is 0 Å². The second-order valence-corrected chi connectivity index (χ2v) is 4.76. The van der Waals surface area contributed by atoms with E-state index in [-0.39, 0.29) is 0 Å². The highest BCUT2D eigenvalue weighted by atomic mass is 15.1. The predicted octanol–water partition coefficient (Wildman–Crippen LogP) is 1.87. The zero-order valence-electron chi connectivity index (χ0n) is 9.79. The Balaban J connectivity index is 2.36. The van der Waals surface area contributed by atoms with E-state index in [1.54, 1.807) is 0 Å². The summed E-state index contributed by atoms with van der Waals surface area (Å²) in [5, 5.41) is 0. The molecule has 2 heteroatoms. The number of nitrogens with two attached hydrogens (primary N) is 1. The van der Waals surface area contributed by atoms with Crippen LogP contribution in [0.3, 0.4) is 0 Å². The summed E-state index contributed by atoms with van der Waals surface area (Å²) < 4.78 is 0. The highest BCUT2D eigenvalue weighted by Gasteiger charge is 2.22. The minimum atomic E-state index is 0.672. The highest BCUT2D eigenvalue weighted by molar-refractivity contribution is 5.01. The number of piperidine rings is 1. The van der Waals surface area contributed by atoms with Crippen LogP contribution in [-0.2, 0) is 0 Å². The maximum Gasteiger partial charge on any atom is 0.0190 e. The monoisotopic (exact) mass is 196 g/mol. The van der Waals surface area contributed by atoms with Gasteiger partial charge in [0.25, 0.3) is 0 Å². The van der Waals surface area contributed by atoms with Gasteiger partial charge in [0.05, 0.1) is 0 Å². The van der Waals surface area contributed by atoms with Crippen LogP contribution in [0.25, 0.3) is 0 Å². The fourth-order valence-corrected chi connectivity index (χ4v) is 2.11. The van der Waals surface area contributed by atoms with Gasteiger partial charge in [-0.15, -0.1) is 0 Å². The quantitative estimate of drug-likeness (QED) is 0.698. The SMILES string of the molecule is C/C(=C\CN)CN1CCC(C)C(C)C1. The molecule has 1 rings (SSSR count). The van der Waals surface area contributed by atoms with Gasteiger partial charge in [-0.05, 0) is 31.7 Å². The highest BCUT2D eigenvalue weighted by Crippen LogP contribution is 2.22. The van der Waals surface area contributed by atoms with Gasteiger partial charge in [-0.3, -0.25) is 4.90 Å². The van der Waals surface area contributed by atoms with Crippen molar-refractivity contribution in [2.75, 3.05) is 26.2 Å². The van der Waals surface area contributed by atoms with Crippen LogP contribution >= 0.6 is 0 Å². The summed E-state index contributed by atoms with van der Waals surface area (Å²) in [4.78, 5) is 2.55. The molecule has 0 aliphatic carbocycles. The lowest BCUT2D eigenvalue weighted by Crippen LogP contribution is -2.39. The van der Waals surface area contributed by atoms with Crippen molar-refractivity contribution in [3.63, 3.8) is 0 Å². The number of hydrogen-bond donors (Lipinski definition) is 1. The van der Waals surface area contributed by atoms with Gasteiger partial charge in [0, 0.05) is 19.6 Å². The molecule has 0 radical (unpaired) electrons. The summed E-state index contributed by atoms with van der Waals surface area (Å²) in [5.41, 5.74) is 6.90. The molecule has 0 aromatic heterocycles. The van der Waals surface area contributed by atoms with E-state index < -0.39 is 0 Å². The molecular formula is C12H24N2. The van der Waals surface area contributed by atoms with Gasteiger partial charge in [-0.2, -0.15) is 0 Å². The third kappa shape index (κ3) is 3.43. The molecule has 0 bridgehead atoms. The molecule has 2 N–H and O–H groups in total. The van der Waals surface area contributed by atoms with Gasteiger partial charge in [-0.25, -0.2) is 0 Å². The fraction of sp³-hybridized carbons (Fsp3) is 0.833. The molecule has 2 unspecified atom stereocenters. The Morgan fingerprint density at radius 2 is 2.14 bits per heavy atom. The summed E-state index contributed by atoms with van der Waals surface area (Å²) >= 11 is 0. The molecule has 1 aliphatic heterocycles. The van der Waals surface area contributed by atoms with Gasteiger partial charge in [0.1, 0.15) is 0 Å². The average molecular weight is 196 g/mol. The van der Waals surface area contributed by atoms with Crippen LogP contribution in [0.15, 0.2) is 11.6 Å². The standard InChI is InChI=1S/C12H24N2/c1-10(4-6-13)8-14-7-5-11(2)12(3)9-14/h4,11-12H,5-9,13H2,1-3H3/b10-4+. The summed E-state index contributed by atoms with van der Waals surface area (Å²) in [6.45, 7) is 11.2. The molecule has 1 heterocycles. The van der Waals surface area contributed by atoms with E-state index in [0.717, 1.165) is 18.4 Å². The maximum atomic E-state index is 5.49. The van der Waals surface area contributed by atoms with Gasteiger partial charge in [-0.1, -0.05) is 25.5 Å². The van der Waals surface area contributed by atoms with Crippen LogP contribution in [-0.4, -0.2) is 31.1 Å². The number of likely N-dealkylation sites (tertiary alicyclic amines) is 1. The largest absolute Gasteiger partial charge is 0.327 e. The molecule has 82 valence electrons. The Labute approximate surface area is 88.2 Å². The first kappa shape index (κ1) is 11.7. The fourth-order valence-electron chi connectivity index (χ4n) is 2.11. The van der Waals surface area contributed by atoms with E-state index in [2.05, 4.69) is 31.7 Å². The molecule has 0 aromatic rings. The normalized spacial score (nSPS) is 30.7. The minimum absolute atomic E-state index is 0.672. The van der Waals surface area contributed by atoms with Crippen molar-refractivity contribution in [1.29, 1.82) is 0 Å². The summed E-state index contributed by atoms with van der Waals surface area (Å²) in [5.74, 6) is 1.74. The van der Waals surface area contributed by atoms with Gasteiger partial charge in [0.2, 0.25) is 0 Å². The second-order valence-electron chi connectivity index (χ2n) is 4.76. The summed E-state index contributed by atoms with van der Waals surface area (Å²) in [6, 6.07) is 0. The average Bonchev–Trinajstić information content (AvgIpc) is 2.12. The first-order valence-electron chi connectivity index (χ1n) is 5.71. The topological polar surface area (TPSA) is 29.3 Å². The number of hydrogen-bond acceptors (Lipinski definition) is 2. The lowest BCUT2D eigenvalue weighted by molar-refractivity contribution is 0.148. The maximum absolute atomic E-state index is 5.49. The van der Waals surface area contributed by atoms with Crippen LogP contribution in [0.2, 0.25) is 0 Å². The smallest absolute Gasteiger partial charge is 0.0190 e. The van der Waals surface area contributed by atoms with Crippen molar-refractivity contribution >= 4 is 0 Å². The van der Waals surface area contributed by atoms with Crippen LogP contribution in [0.1, 0.15) is 27.2 Å². The lowest BCUT2D eigenvalue weighted by atomic mass is 9.88. The zero-order valence-corrected chi connectivity index (χ0v) is 9.79. The van der Waals surface area contributed by atoms with E-state index in [9.17, 15) is 0 Å². The molecule has 0 aromatic carbocycles. The van der Waals surface area contributed by atoms with Crippen LogP contribution < -0.4 is 5.73 Å². The van der Waals surface area contributed by atoms with Crippen molar-refractivity contribution < 1.29 is 0 Å². The molecule has 0 amide bonds. The molecule has 1 fully saturated rings. The van der Waals surface area contributed by atoms with Gasteiger partial charge in [0.15, 0.2) is 0 Å². The number of rotatable bonds is 3. The van der Waals surface area contributed by atoms with Crippen molar-refractivity contribution in [3.05, 3.63) is 11.6 Å². The zero-order chi connectivity index (χ0) is 10.6. The lowest BCUT2D eigenvalue weighted by Gasteiger charge is -2.35. The molecule has 14 heavy (non-hydrogen) atoms. The molecule has 0 saturated carbocycles. The van der Waals surface area contributed by atoms with Crippen LogP contribution in [0.5, 0.6) is 0 Å². The first-order valence-corrected chi connectivity index (χ1v) is 5.71. The second kappa shape index (κ2) is 5.52. The van der Waals surface area contributed by atoms with Gasteiger partial charge < -0.3 is 5.73 Å². The molecule has 2 atom stereocenters. The van der Waals surface area contributed by atoms with Crippen molar-refractivity contribution in [2.45, 2.75) is 27.2 Å².